The third kappa shape index (κ3) is 9.06. The average molecular weight is 985 g/mol. The van der Waals surface area contributed by atoms with Crippen molar-refractivity contribution in [3.8, 4) is 51.4 Å². The molecule has 7 aromatic rings. The number of aryl methyl sites for hydroxylation is 2. The molecule has 74 heavy (non-hydrogen) atoms. The number of fused-ring (bicyclic) bond motifs is 10. The fraction of sp³-hybridized carbons (Fsp3) is 0.391. The van der Waals surface area contributed by atoms with Gasteiger partial charge in [-0.05, 0) is 194 Å². The van der Waals surface area contributed by atoms with E-state index < -0.39 is 5.60 Å². The molecule has 5 heteroatoms. The van der Waals surface area contributed by atoms with Gasteiger partial charge in [-0.3, -0.25) is 0 Å². The summed E-state index contributed by atoms with van der Waals surface area (Å²) in [6.45, 7) is 20.2. The van der Waals surface area contributed by atoms with Crippen molar-refractivity contribution >= 4 is 16.8 Å². The lowest BCUT2D eigenvalue weighted by atomic mass is 9.58. The molecule has 2 aliphatic carbocycles. The van der Waals surface area contributed by atoms with Crippen LogP contribution in [0.4, 0.5) is 0 Å². The van der Waals surface area contributed by atoms with Crippen molar-refractivity contribution in [3.63, 3.8) is 0 Å². The van der Waals surface area contributed by atoms with E-state index in [0.29, 0.717) is 18.6 Å². The van der Waals surface area contributed by atoms with Crippen LogP contribution in [-0.4, -0.2) is 13.2 Å². The molecule has 2 spiro atoms. The maximum absolute atomic E-state index is 8.09. The van der Waals surface area contributed by atoms with Crippen LogP contribution >= 0.6 is 0 Å². The molecule has 1 fully saturated rings. The summed E-state index contributed by atoms with van der Waals surface area (Å²) in [5.74, 6) is 5.84. The molecule has 8 bridgehead atoms. The standard InChI is InChI=1S/C69H76O5/c1-9-67(10-2)39-41-68(42-40-67)61-46-48(4)16-34-58(61)62-57-33-15-47(3)45-60(57)64-59(63(62)68)35-38-69(74-64)50-19-23-54(24-20-50)73-56-31-27-52(28-32-56)71-44-14-13-43-70-51-25-29-55(30-26-51)72-53-21-17-49(18-22-53)65(5,6)36-11-12-37-66(69,7)8/h15-35,38,45-46H,9-14,36-37,39-44H2,1-8H3. The normalized spacial score (nSPS) is 20.6. The van der Waals surface area contributed by atoms with E-state index in [4.69, 9.17) is 23.7 Å². The molecule has 0 aromatic heterocycles. The summed E-state index contributed by atoms with van der Waals surface area (Å²) in [6, 6.07) is 47.6. The van der Waals surface area contributed by atoms with Crippen molar-refractivity contribution < 1.29 is 23.7 Å². The van der Waals surface area contributed by atoms with Crippen LogP contribution in [0.2, 0.25) is 0 Å². The molecule has 0 radical (unpaired) electrons. The third-order valence-electron chi connectivity index (χ3n) is 18.3. The number of hydrogen-bond acceptors (Lipinski definition) is 5. The first kappa shape index (κ1) is 49.7. The highest BCUT2D eigenvalue weighted by molar-refractivity contribution is 6.08. The molecule has 1 atom stereocenters. The van der Waals surface area contributed by atoms with Crippen LogP contribution in [0.1, 0.15) is 158 Å². The fourth-order valence-electron chi connectivity index (χ4n) is 13.3. The van der Waals surface area contributed by atoms with Crippen LogP contribution in [0, 0.1) is 24.7 Å². The van der Waals surface area contributed by atoms with Crippen molar-refractivity contribution in [2.75, 3.05) is 13.2 Å². The largest absolute Gasteiger partial charge is 0.494 e. The van der Waals surface area contributed by atoms with Gasteiger partial charge in [-0.1, -0.05) is 139 Å². The zero-order valence-corrected chi connectivity index (χ0v) is 45.3. The Hall–Kier alpha value is -6.46. The first-order valence-electron chi connectivity index (χ1n) is 27.9. The van der Waals surface area contributed by atoms with E-state index in [0.717, 1.165) is 97.2 Å². The van der Waals surface area contributed by atoms with Crippen molar-refractivity contribution in [3.05, 3.63) is 178 Å². The highest BCUT2D eigenvalue weighted by Gasteiger charge is 2.54. The summed E-state index contributed by atoms with van der Waals surface area (Å²) in [5.41, 5.74) is 11.4. The molecular formula is C69H76O5. The van der Waals surface area contributed by atoms with Crippen LogP contribution in [0.5, 0.6) is 40.2 Å². The van der Waals surface area contributed by atoms with E-state index >= 15 is 0 Å². The van der Waals surface area contributed by atoms with Gasteiger partial charge in [0.2, 0.25) is 0 Å². The van der Waals surface area contributed by atoms with Gasteiger partial charge in [0.25, 0.3) is 0 Å². The molecular weight excluding hydrogens is 909 g/mol. The maximum Gasteiger partial charge on any atom is 0.158 e. The van der Waals surface area contributed by atoms with E-state index in [9.17, 15) is 0 Å². The van der Waals surface area contributed by atoms with E-state index in [1.54, 1.807) is 0 Å². The van der Waals surface area contributed by atoms with Gasteiger partial charge in [-0.25, -0.2) is 0 Å². The predicted octanol–water partition coefficient (Wildman–Crippen LogP) is 19.1. The summed E-state index contributed by atoms with van der Waals surface area (Å²) in [5, 5.41) is 2.51. The lowest BCUT2D eigenvalue weighted by Gasteiger charge is -2.49. The van der Waals surface area contributed by atoms with Crippen molar-refractivity contribution in [2.24, 2.45) is 10.8 Å². The van der Waals surface area contributed by atoms with Crippen LogP contribution in [-0.2, 0) is 16.4 Å². The molecule has 17 rings (SSSR count). The SMILES string of the molecule is CCC1(CC)CCC2(CC1)c1cc(C)ccc1-c1c2c2c(c3cc(C)ccc13)OC1(C=C2)c2ccc(cc2)Oc2ccc(cc2)OCCCCOc2ccc(cc2)Oc2ccc(cc2)C(C)(C)CCCCC1(C)C. The second-order valence-corrected chi connectivity index (χ2v) is 23.6. The number of rotatable bonds is 2. The topological polar surface area (TPSA) is 46.2 Å². The van der Waals surface area contributed by atoms with Gasteiger partial charge >= 0.3 is 0 Å². The fourth-order valence-corrected chi connectivity index (χ4v) is 13.3. The zero-order valence-electron chi connectivity index (χ0n) is 45.3. The van der Waals surface area contributed by atoms with Crippen LogP contribution in [0.25, 0.3) is 28.0 Å². The van der Waals surface area contributed by atoms with Gasteiger partial charge in [-0.15, -0.1) is 0 Å². The molecule has 7 aromatic carbocycles. The first-order valence-corrected chi connectivity index (χ1v) is 27.9. The zero-order chi connectivity index (χ0) is 51.3. The van der Waals surface area contributed by atoms with Crippen molar-refractivity contribution in [2.45, 2.75) is 149 Å². The summed E-state index contributed by atoms with van der Waals surface area (Å²) in [4.78, 5) is 0. The number of ether oxygens (including phenoxy) is 5. The summed E-state index contributed by atoms with van der Waals surface area (Å²) in [6.07, 6.45) is 18.2. The minimum atomic E-state index is -0.777. The van der Waals surface area contributed by atoms with E-state index in [1.165, 1.54) is 81.0 Å². The Bertz CT molecular complexity index is 3160. The van der Waals surface area contributed by atoms with E-state index in [-0.39, 0.29) is 16.2 Å². The van der Waals surface area contributed by atoms with E-state index in [2.05, 4.69) is 152 Å². The van der Waals surface area contributed by atoms with Crippen LogP contribution in [0.3, 0.4) is 0 Å². The molecule has 382 valence electrons. The minimum absolute atomic E-state index is 0.0163. The lowest BCUT2D eigenvalue weighted by molar-refractivity contribution is -0.0128. The second kappa shape index (κ2) is 19.7. The first-order chi connectivity index (χ1) is 35.7. The van der Waals surface area contributed by atoms with Gasteiger partial charge in [-0.2, -0.15) is 0 Å². The van der Waals surface area contributed by atoms with Crippen LogP contribution < -0.4 is 23.7 Å². The maximum atomic E-state index is 8.09. The average Bonchev–Trinajstić information content (AvgIpc) is 3.68. The Morgan fingerprint density at radius 2 is 1.00 bits per heavy atom. The summed E-state index contributed by atoms with van der Waals surface area (Å²) >= 11 is 0. The Balaban J connectivity index is 0.972. The monoisotopic (exact) mass is 985 g/mol. The quantitative estimate of drug-likeness (QED) is 0.173. The molecule has 8 aliphatic heterocycles. The predicted molar refractivity (Wildman–Crippen MR) is 304 cm³/mol. The summed E-state index contributed by atoms with van der Waals surface area (Å²) < 4.78 is 33.1. The van der Waals surface area contributed by atoms with Gasteiger partial charge in [0.1, 0.15) is 40.2 Å². The van der Waals surface area contributed by atoms with Gasteiger partial charge in [0, 0.05) is 27.3 Å². The Labute approximate surface area is 441 Å². The van der Waals surface area contributed by atoms with Gasteiger partial charge in [0.15, 0.2) is 5.60 Å². The van der Waals surface area contributed by atoms with Crippen molar-refractivity contribution in [1.29, 1.82) is 0 Å². The minimum Gasteiger partial charge on any atom is -0.494 e. The third-order valence-corrected chi connectivity index (χ3v) is 18.3. The van der Waals surface area contributed by atoms with Crippen molar-refractivity contribution in [1.82, 2.24) is 0 Å². The molecule has 0 saturated heterocycles. The number of benzene rings is 7. The Morgan fingerprint density at radius 3 is 1.58 bits per heavy atom. The smallest absolute Gasteiger partial charge is 0.158 e. The second-order valence-electron chi connectivity index (χ2n) is 23.6. The van der Waals surface area contributed by atoms with Crippen LogP contribution in [0.15, 0.2) is 140 Å². The van der Waals surface area contributed by atoms with Gasteiger partial charge in [0.05, 0.1) is 13.2 Å². The lowest BCUT2D eigenvalue weighted by Crippen LogP contribution is -2.47. The Morgan fingerprint density at radius 1 is 0.486 bits per heavy atom. The molecule has 8 heterocycles. The van der Waals surface area contributed by atoms with Gasteiger partial charge < -0.3 is 23.7 Å². The number of hydrogen-bond donors (Lipinski definition) is 0. The molecule has 0 N–H and O–H groups in total. The molecule has 1 saturated carbocycles. The molecule has 1 unspecified atom stereocenters. The molecule has 10 aliphatic rings. The highest BCUT2D eigenvalue weighted by Crippen LogP contribution is 2.65. The molecule has 5 nitrogen and oxygen atoms in total. The summed E-state index contributed by atoms with van der Waals surface area (Å²) in [7, 11) is 0. The Kier molecular flexibility index (Phi) is 13.2. The molecule has 0 amide bonds. The van der Waals surface area contributed by atoms with E-state index in [1.807, 2.05) is 48.5 Å². The highest BCUT2D eigenvalue weighted by atomic mass is 16.5.